The van der Waals surface area contributed by atoms with Gasteiger partial charge in [0.05, 0.1) is 40.8 Å². The van der Waals surface area contributed by atoms with Gasteiger partial charge in [-0.15, -0.1) is 23.7 Å². The number of aliphatic hydroxyl groups is 1. The Morgan fingerprint density at radius 1 is 1.33 bits per heavy atom. The number of aryl methyl sites for hydroxylation is 1. The number of aromatic nitrogens is 1. The summed E-state index contributed by atoms with van der Waals surface area (Å²) in [5.74, 6) is -0.822. The van der Waals surface area contributed by atoms with Gasteiger partial charge < -0.3 is 16.2 Å². The van der Waals surface area contributed by atoms with E-state index in [0.29, 0.717) is 13.0 Å². The van der Waals surface area contributed by atoms with E-state index in [9.17, 15) is 14.7 Å². The Bertz CT molecular complexity index is 871. The molecule has 2 amide bonds. The maximum atomic E-state index is 13.0. The van der Waals surface area contributed by atoms with Crippen LogP contribution >= 0.6 is 23.7 Å². The molecule has 1 aromatic carbocycles. The number of nitrogens with two attached hydrogens (primary N) is 1. The molecule has 0 aliphatic carbocycles. The molecule has 1 fully saturated rings. The average molecular weight is 453 g/mol. The normalized spacial score (nSPS) is 19.4. The number of benzene rings is 1. The zero-order valence-corrected chi connectivity index (χ0v) is 19.0. The van der Waals surface area contributed by atoms with Gasteiger partial charge in [0.2, 0.25) is 11.8 Å². The van der Waals surface area contributed by atoms with Crippen LogP contribution in [0, 0.1) is 12.8 Å². The van der Waals surface area contributed by atoms with E-state index in [4.69, 9.17) is 5.73 Å². The third-order valence-electron chi connectivity index (χ3n) is 5.24. The van der Waals surface area contributed by atoms with Crippen LogP contribution in [-0.4, -0.2) is 51.5 Å². The molecular weight excluding hydrogens is 424 g/mol. The Morgan fingerprint density at radius 3 is 2.50 bits per heavy atom. The second kappa shape index (κ2) is 10.5. The molecule has 0 bridgehead atoms. The maximum absolute atomic E-state index is 13.0. The van der Waals surface area contributed by atoms with Gasteiger partial charge in [-0.1, -0.05) is 38.1 Å². The maximum Gasteiger partial charge on any atom is 0.246 e. The van der Waals surface area contributed by atoms with Crippen molar-refractivity contribution in [1.29, 1.82) is 0 Å². The topological polar surface area (TPSA) is 109 Å². The van der Waals surface area contributed by atoms with Crippen LogP contribution in [0.3, 0.4) is 0 Å². The van der Waals surface area contributed by atoms with Crippen LogP contribution in [0.15, 0.2) is 29.8 Å². The number of carbonyl (C=O) groups is 2. The van der Waals surface area contributed by atoms with Crippen LogP contribution < -0.4 is 11.1 Å². The van der Waals surface area contributed by atoms with Crippen LogP contribution in [0.5, 0.6) is 0 Å². The molecule has 1 aliphatic heterocycles. The molecule has 30 heavy (non-hydrogen) atoms. The van der Waals surface area contributed by atoms with Crippen molar-refractivity contribution < 1.29 is 14.7 Å². The first-order valence-corrected chi connectivity index (χ1v) is 10.7. The molecule has 3 rings (SSSR count). The predicted octanol–water partition coefficient (Wildman–Crippen LogP) is 2.10. The van der Waals surface area contributed by atoms with Crippen molar-refractivity contribution in [1.82, 2.24) is 15.2 Å². The minimum absolute atomic E-state index is 0. The molecule has 9 heteroatoms. The van der Waals surface area contributed by atoms with Crippen LogP contribution in [-0.2, 0) is 16.1 Å². The van der Waals surface area contributed by atoms with E-state index >= 15 is 0 Å². The highest BCUT2D eigenvalue weighted by Crippen LogP contribution is 2.27. The lowest BCUT2D eigenvalue weighted by atomic mass is 10.0. The second-order valence-corrected chi connectivity index (χ2v) is 8.70. The molecular formula is C21H29ClN4O3S. The monoisotopic (exact) mass is 452 g/mol. The quantitative estimate of drug-likeness (QED) is 0.619. The number of carbonyl (C=O) groups excluding carboxylic acids is 2. The third kappa shape index (κ3) is 5.44. The lowest BCUT2D eigenvalue weighted by Crippen LogP contribution is -2.53. The van der Waals surface area contributed by atoms with Gasteiger partial charge in [-0.25, -0.2) is 4.98 Å². The average Bonchev–Trinajstić information content (AvgIpc) is 3.33. The first-order valence-electron chi connectivity index (χ1n) is 9.79. The molecule has 1 aliphatic rings. The van der Waals surface area contributed by atoms with E-state index < -0.39 is 24.1 Å². The van der Waals surface area contributed by atoms with Crippen molar-refractivity contribution in [2.75, 3.05) is 6.54 Å². The van der Waals surface area contributed by atoms with Crippen LogP contribution in [0.2, 0.25) is 0 Å². The lowest BCUT2D eigenvalue weighted by Gasteiger charge is -2.28. The summed E-state index contributed by atoms with van der Waals surface area (Å²) in [7, 11) is 0. The van der Waals surface area contributed by atoms with E-state index in [-0.39, 0.29) is 30.8 Å². The molecule has 2 heterocycles. The minimum atomic E-state index is -0.760. The van der Waals surface area contributed by atoms with Gasteiger partial charge in [0.25, 0.3) is 0 Å². The van der Waals surface area contributed by atoms with E-state index in [1.54, 1.807) is 11.3 Å². The van der Waals surface area contributed by atoms with Gasteiger partial charge in [0, 0.05) is 6.54 Å². The molecule has 3 atom stereocenters. The van der Waals surface area contributed by atoms with Crippen molar-refractivity contribution in [2.45, 2.75) is 51.9 Å². The largest absolute Gasteiger partial charge is 0.392 e. The predicted molar refractivity (Wildman–Crippen MR) is 120 cm³/mol. The fourth-order valence-corrected chi connectivity index (χ4v) is 4.16. The van der Waals surface area contributed by atoms with E-state index in [2.05, 4.69) is 10.3 Å². The van der Waals surface area contributed by atoms with Gasteiger partial charge >= 0.3 is 0 Å². The van der Waals surface area contributed by atoms with E-state index in [0.717, 1.165) is 21.7 Å². The summed E-state index contributed by atoms with van der Waals surface area (Å²) in [4.78, 5) is 32.6. The van der Waals surface area contributed by atoms with Crippen molar-refractivity contribution >= 4 is 35.6 Å². The molecule has 4 N–H and O–H groups in total. The Kier molecular flexibility index (Phi) is 8.52. The Balaban J connectivity index is 0.00000320. The van der Waals surface area contributed by atoms with Gasteiger partial charge in [-0.3, -0.25) is 14.5 Å². The fourth-order valence-electron chi connectivity index (χ4n) is 3.35. The molecule has 0 unspecified atom stereocenters. The van der Waals surface area contributed by atoms with E-state index in [1.807, 2.05) is 50.5 Å². The fraction of sp³-hybridized carbons (Fsp3) is 0.476. The number of nitrogens with one attached hydrogen (secondary N) is 1. The summed E-state index contributed by atoms with van der Waals surface area (Å²) in [6.45, 7) is 6.17. The molecule has 7 nitrogen and oxygen atoms in total. The number of β-amino-alcohol motifs (C(OH)–C–C–N with tert-alkyl or cyclic N) is 1. The smallest absolute Gasteiger partial charge is 0.246 e. The van der Waals surface area contributed by atoms with Crippen LogP contribution in [0.4, 0.5) is 0 Å². The zero-order chi connectivity index (χ0) is 21.1. The summed E-state index contributed by atoms with van der Waals surface area (Å²) in [6, 6.07) is 6.45. The molecule has 0 spiro atoms. The number of rotatable bonds is 6. The highest BCUT2D eigenvalue weighted by atomic mass is 35.5. The van der Waals surface area contributed by atoms with Gasteiger partial charge in [-0.2, -0.15) is 0 Å². The van der Waals surface area contributed by atoms with Crippen molar-refractivity contribution in [3.05, 3.63) is 41.0 Å². The van der Waals surface area contributed by atoms with Crippen molar-refractivity contribution in [3.8, 4) is 10.4 Å². The van der Waals surface area contributed by atoms with Crippen LogP contribution in [0.25, 0.3) is 10.4 Å². The molecule has 1 saturated heterocycles. The highest BCUT2D eigenvalue weighted by molar-refractivity contribution is 7.13. The van der Waals surface area contributed by atoms with E-state index in [1.165, 1.54) is 4.90 Å². The standard InChI is InChI=1S/C21H28N4O3S.ClH/c1-12(2)18(22)21(28)25(20(27)17-8-16(26)9-23-17)10-14-4-6-15(7-5-14)19-13(3)24-11-29-19;/h4-7,11-12,16-18,23,26H,8-10,22H2,1-3H3;1H/t16-,17+,18+;/m1./s1. The number of hydrogen-bond donors (Lipinski definition) is 3. The van der Waals surface area contributed by atoms with Gasteiger partial charge in [0.1, 0.15) is 0 Å². The zero-order valence-electron chi connectivity index (χ0n) is 17.4. The van der Waals surface area contributed by atoms with Crippen molar-refractivity contribution in [3.63, 3.8) is 0 Å². The summed E-state index contributed by atoms with van der Waals surface area (Å²) in [6.07, 6.45) is -0.287. The number of nitrogens with zero attached hydrogens (tertiary/aromatic N) is 2. The van der Waals surface area contributed by atoms with Crippen LogP contribution in [0.1, 0.15) is 31.5 Å². The minimum Gasteiger partial charge on any atom is -0.392 e. The highest BCUT2D eigenvalue weighted by Gasteiger charge is 2.36. The Morgan fingerprint density at radius 2 is 2.00 bits per heavy atom. The first-order chi connectivity index (χ1) is 13.8. The number of thiazole rings is 1. The molecule has 164 valence electrons. The first kappa shape index (κ1) is 24.4. The summed E-state index contributed by atoms with van der Waals surface area (Å²) in [5, 5.41) is 12.7. The molecule has 1 aromatic heterocycles. The molecule has 0 radical (unpaired) electrons. The Labute approximate surface area is 187 Å². The molecule has 0 saturated carbocycles. The summed E-state index contributed by atoms with van der Waals surface area (Å²) in [5.41, 5.74) is 10.7. The SMILES string of the molecule is Cc1ncsc1-c1ccc(CN(C(=O)[C@@H]2C[C@@H](O)CN2)C(=O)[C@@H](N)C(C)C)cc1.Cl. The summed E-state index contributed by atoms with van der Waals surface area (Å²) >= 11 is 1.58. The number of amides is 2. The number of hydrogen-bond acceptors (Lipinski definition) is 7. The van der Waals surface area contributed by atoms with Gasteiger partial charge in [-0.05, 0) is 30.4 Å². The Hall–Kier alpha value is -1.84. The second-order valence-electron chi connectivity index (χ2n) is 7.85. The summed E-state index contributed by atoms with van der Waals surface area (Å²) < 4.78 is 0. The third-order valence-corrected chi connectivity index (χ3v) is 6.22. The van der Waals surface area contributed by atoms with Crippen molar-refractivity contribution in [2.24, 2.45) is 11.7 Å². The number of imide groups is 1. The number of halogens is 1. The molecule has 2 aromatic rings. The number of aliphatic hydroxyl groups excluding tert-OH is 1. The van der Waals surface area contributed by atoms with Gasteiger partial charge in [0.15, 0.2) is 0 Å². The lowest BCUT2D eigenvalue weighted by molar-refractivity contribution is -0.148.